The lowest BCUT2D eigenvalue weighted by molar-refractivity contribution is -0.143. The van der Waals surface area contributed by atoms with E-state index >= 15 is 0 Å². The van der Waals surface area contributed by atoms with E-state index in [1.165, 1.54) is 17.7 Å². The van der Waals surface area contributed by atoms with Crippen molar-refractivity contribution >= 4 is 11.9 Å². The maximum Gasteiger partial charge on any atom is 0.326 e. The number of hydrogen-bond donors (Lipinski definition) is 1. The molecule has 1 saturated carbocycles. The molecule has 6 nitrogen and oxygen atoms in total. The average Bonchev–Trinajstić information content (AvgIpc) is 3.17. The monoisotopic (exact) mass is 291 g/mol. The van der Waals surface area contributed by atoms with Crippen molar-refractivity contribution in [1.82, 2.24) is 14.7 Å². The first-order valence-corrected chi connectivity index (χ1v) is 7.76. The summed E-state index contributed by atoms with van der Waals surface area (Å²) in [5.41, 5.74) is 0.370. The Morgan fingerprint density at radius 2 is 1.86 bits per heavy atom. The first-order valence-electron chi connectivity index (χ1n) is 7.76. The molecule has 1 aromatic heterocycles. The molecule has 1 unspecified atom stereocenters. The second-order valence-electron chi connectivity index (χ2n) is 5.97. The van der Waals surface area contributed by atoms with Gasteiger partial charge >= 0.3 is 5.97 Å². The summed E-state index contributed by atoms with van der Waals surface area (Å²) in [7, 11) is 0. The van der Waals surface area contributed by atoms with E-state index < -0.39 is 12.0 Å². The number of carbonyl (C=O) groups is 2. The van der Waals surface area contributed by atoms with Crippen molar-refractivity contribution in [2.45, 2.75) is 57.0 Å². The molecule has 2 aliphatic rings. The fourth-order valence-electron chi connectivity index (χ4n) is 3.40. The maximum atomic E-state index is 12.5. The van der Waals surface area contributed by atoms with Gasteiger partial charge in [0.25, 0.3) is 5.91 Å². The van der Waals surface area contributed by atoms with Gasteiger partial charge in [0.05, 0.1) is 6.04 Å². The van der Waals surface area contributed by atoms with Gasteiger partial charge in [0.15, 0.2) is 0 Å². The molecular formula is C15H21N3O3. The highest BCUT2D eigenvalue weighted by atomic mass is 16.4. The van der Waals surface area contributed by atoms with Gasteiger partial charge < -0.3 is 10.0 Å². The zero-order valence-electron chi connectivity index (χ0n) is 12.1. The first kappa shape index (κ1) is 14.1. The Bertz CT molecular complexity index is 534. The van der Waals surface area contributed by atoms with Crippen molar-refractivity contribution in [2.24, 2.45) is 0 Å². The molecule has 1 saturated heterocycles. The first-order chi connectivity index (χ1) is 10.2. The summed E-state index contributed by atoms with van der Waals surface area (Å²) in [5.74, 6) is -1.17. The van der Waals surface area contributed by atoms with Gasteiger partial charge in [-0.3, -0.25) is 9.48 Å². The standard InChI is InChI=1S/C15H21N3O3/c19-14(17-9-4-3-7-13(17)15(20)21)12-8-10-18(16-12)11-5-1-2-6-11/h8,10-11,13H,1-7,9H2,(H,20,21). The van der Waals surface area contributed by atoms with Gasteiger partial charge in [-0.2, -0.15) is 5.10 Å². The van der Waals surface area contributed by atoms with Gasteiger partial charge in [0.1, 0.15) is 11.7 Å². The van der Waals surface area contributed by atoms with Crippen molar-refractivity contribution in [1.29, 1.82) is 0 Å². The SMILES string of the molecule is O=C(O)C1CCCCN1C(=O)c1ccn(C2CCCC2)n1. The van der Waals surface area contributed by atoms with E-state index in [1.54, 1.807) is 6.07 Å². The van der Waals surface area contributed by atoms with Gasteiger partial charge in [0, 0.05) is 12.7 Å². The Labute approximate surface area is 123 Å². The normalized spacial score (nSPS) is 23.4. The summed E-state index contributed by atoms with van der Waals surface area (Å²) >= 11 is 0. The Balaban J connectivity index is 1.76. The molecule has 0 aromatic carbocycles. The molecule has 114 valence electrons. The minimum Gasteiger partial charge on any atom is -0.480 e. The van der Waals surface area contributed by atoms with Gasteiger partial charge in [0.2, 0.25) is 0 Å². The summed E-state index contributed by atoms with van der Waals surface area (Å²) in [6.45, 7) is 0.506. The summed E-state index contributed by atoms with van der Waals surface area (Å²) in [4.78, 5) is 25.3. The lowest BCUT2D eigenvalue weighted by Crippen LogP contribution is -2.48. The van der Waals surface area contributed by atoms with E-state index in [0.717, 1.165) is 25.7 Å². The number of rotatable bonds is 3. The summed E-state index contributed by atoms with van der Waals surface area (Å²) < 4.78 is 1.87. The number of likely N-dealkylation sites (tertiary alicyclic amines) is 1. The lowest BCUT2D eigenvalue weighted by atomic mass is 10.0. The number of carbonyl (C=O) groups excluding carboxylic acids is 1. The zero-order chi connectivity index (χ0) is 14.8. The molecule has 2 fully saturated rings. The molecule has 1 atom stereocenters. The highest BCUT2D eigenvalue weighted by Crippen LogP contribution is 2.29. The number of aromatic nitrogens is 2. The summed E-state index contributed by atoms with van der Waals surface area (Å²) in [5, 5.41) is 13.7. The molecule has 21 heavy (non-hydrogen) atoms. The van der Waals surface area contributed by atoms with Crippen LogP contribution in [0, 0.1) is 0 Å². The number of nitrogens with zero attached hydrogens (tertiary/aromatic N) is 3. The van der Waals surface area contributed by atoms with Gasteiger partial charge in [-0.1, -0.05) is 12.8 Å². The molecule has 1 aliphatic carbocycles. The minimum absolute atomic E-state index is 0.251. The van der Waals surface area contributed by atoms with Crippen molar-refractivity contribution in [2.75, 3.05) is 6.54 Å². The van der Waals surface area contributed by atoms with Crippen LogP contribution in [0.5, 0.6) is 0 Å². The Hall–Kier alpha value is -1.85. The van der Waals surface area contributed by atoms with Crippen LogP contribution in [0.1, 0.15) is 61.5 Å². The molecule has 0 radical (unpaired) electrons. The smallest absolute Gasteiger partial charge is 0.326 e. The van der Waals surface area contributed by atoms with E-state index in [2.05, 4.69) is 5.10 Å². The largest absolute Gasteiger partial charge is 0.480 e. The number of amides is 1. The predicted molar refractivity (Wildman–Crippen MR) is 76.0 cm³/mol. The number of piperidine rings is 1. The number of carboxylic acid groups (broad SMARTS) is 1. The molecule has 1 aliphatic heterocycles. The lowest BCUT2D eigenvalue weighted by Gasteiger charge is -2.32. The Morgan fingerprint density at radius 3 is 2.57 bits per heavy atom. The van der Waals surface area contributed by atoms with Crippen LogP contribution in [0.15, 0.2) is 12.3 Å². The molecule has 3 rings (SSSR count). The summed E-state index contributed by atoms with van der Waals surface area (Å²) in [6, 6.07) is 1.40. The number of carboxylic acids is 1. The minimum atomic E-state index is -0.918. The molecular weight excluding hydrogens is 270 g/mol. The van der Waals surface area contributed by atoms with Crippen LogP contribution in [-0.2, 0) is 4.79 Å². The van der Waals surface area contributed by atoms with Gasteiger partial charge in [-0.05, 0) is 38.2 Å². The quantitative estimate of drug-likeness (QED) is 0.925. The average molecular weight is 291 g/mol. The van der Waals surface area contributed by atoms with E-state index in [0.29, 0.717) is 24.7 Å². The topological polar surface area (TPSA) is 75.4 Å². The summed E-state index contributed by atoms with van der Waals surface area (Å²) in [6.07, 6.45) is 8.74. The van der Waals surface area contributed by atoms with Crippen molar-refractivity contribution < 1.29 is 14.7 Å². The third-order valence-corrected chi connectivity index (χ3v) is 4.57. The second kappa shape index (κ2) is 5.87. The fourth-order valence-corrected chi connectivity index (χ4v) is 3.40. The van der Waals surface area contributed by atoms with Gasteiger partial charge in [-0.15, -0.1) is 0 Å². The number of aliphatic carboxylic acids is 1. The molecule has 6 heteroatoms. The molecule has 1 N–H and O–H groups in total. The van der Waals surface area contributed by atoms with Crippen LogP contribution in [0.3, 0.4) is 0 Å². The van der Waals surface area contributed by atoms with E-state index in [-0.39, 0.29) is 5.91 Å². The van der Waals surface area contributed by atoms with Gasteiger partial charge in [-0.25, -0.2) is 4.79 Å². The third-order valence-electron chi connectivity index (χ3n) is 4.57. The van der Waals surface area contributed by atoms with Crippen molar-refractivity contribution in [3.05, 3.63) is 18.0 Å². The molecule has 1 aromatic rings. The van der Waals surface area contributed by atoms with E-state index in [9.17, 15) is 14.7 Å². The van der Waals surface area contributed by atoms with Crippen LogP contribution in [-0.4, -0.2) is 44.3 Å². The molecule has 1 amide bonds. The zero-order valence-corrected chi connectivity index (χ0v) is 12.1. The van der Waals surface area contributed by atoms with Crippen LogP contribution >= 0.6 is 0 Å². The van der Waals surface area contributed by atoms with Crippen molar-refractivity contribution in [3.8, 4) is 0 Å². The van der Waals surface area contributed by atoms with Crippen LogP contribution < -0.4 is 0 Å². The van der Waals surface area contributed by atoms with Crippen LogP contribution in [0.4, 0.5) is 0 Å². The van der Waals surface area contributed by atoms with Crippen LogP contribution in [0.25, 0.3) is 0 Å². The predicted octanol–water partition coefficient (Wildman–Crippen LogP) is 2.08. The molecule has 2 heterocycles. The number of hydrogen-bond acceptors (Lipinski definition) is 3. The highest BCUT2D eigenvalue weighted by molar-refractivity contribution is 5.95. The fraction of sp³-hybridized carbons (Fsp3) is 0.667. The third kappa shape index (κ3) is 2.80. The highest BCUT2D eigenvalue weighted by Gasteiger charge is 2.33. The Morgan fingerprint density at radius 1 is 1.14 bits per heavy atom. The Kier molecular flexibility index (Phi) is 3.94. The maximum absolute atomic E-state index is 12.5. The van der Waals surface area contributed by atoms with E-state index in [4.69, 9.17) is 0 Å². The second-order valence-corrected chi connectivity index (χ2v) is 5.97. The molecule has 0 bridgehead atoms. The van der Waals surface area contributed by atoms with Crippen molar-refractivity contribution in [3.63, 3.8) is 0 Å². The molecule has 0 spiro atoms. The van der Waals surface area contributed by atoms with E-state index in [1.807, 2.05) is 10.9 Å². The van der Waals surface area contributed by atoms with Crippen LogP contribution in [0.2, 0.25) is 0 Å².